The van der Waals surface area contributed by atoms with Gasteiger partial charge in [-0.1, -0.05) is 86.0 Å². The summed E-state index contributed by atoms with van der Waals surface area (Å²) in [7, 11) is 1.75. The van der Waals surface area contributed by atoms with Gasteiger partial charge >= 0.3 is 0 Å². The highest BCUT2D eigenvalue weighted by Gasteiger charge is 2.25. The maximum atomic E-state index is 4.38. The third-order valence-corrected chi connectivity index (χ3v) is 7.96. The smallest absolute Gasteiger partial charge is 0.0892 e. The molecular formula is C25H48N2. The number of aliphatic imine (C=N–C) groups is 2. The maximum Gasteiger partial charge on any atom is 0.0892 e. The van der Waals surface area contributed by atoms with Gasteiger partial charge in [-0.05, 0) is 55.3 Å². The van der Waals surface area contributed by atoms with Crippen molar-refractivity contribution in [3.8, 4) is 0 Å². The molecule has 0 aliphatic heterocycles. The monoisotopic (exact) mass is 376 g/mol. The molecule has 0 saturated heterocycles. The van der Waals surface area contributed by atoms with Crippen LogP contribution >= 0.6 is 0 Å². The first-order chi connectivity index (χ1) is 13.0. The van der Waals surface area contributed by atoms with Gasteiger partial charge in [0.25, 0.3) is 0 Å². The topological polar surface area (TPSA) is 24.7 Å². The molecule has 0 N–H and O–H groups in total. The van der Waals surface area contributed by atoms with E-state index >= 15 is 0 Å². The Labute approximate surface area is 170 Å². The summed E-state index contributed by atoms with van der Waals surface area (Å²) in [6, 6.07) is 3.28. The molecule has 0 aromatic carbocycles. The zero-order valence-electron chi connectivity index (χ0n) is 19.4. The second-order valence-electron chi connectivity index (χ2n) is 9.40. The van der Waals surface area contributed by atoms with Crippen molar-refractivity contribution >= 4 is 6.01 Å². The lowest BCUT2D eigenvalue weighted by Crippen LogP contribution is -2.21. The number of hydrogen-bond acceptors (Lipinski definition) is 2. The molecule has 2 aliphatic carbocycles. The fourth-order valence-electron chi connectivity index (χ4n) is 5.19. The summed E-state index contributed by atoms with van der Waals surface area (Å²) in [4.78, 5) is 8.21. The van der Waals surface area contributed by atoms with Gasteiger partial charge < -0.3 is 0 Å². The van der Waals surface area contributed by atoms with E-state index in [-0.39, 0.29) is 0 Å². The van der Waals surface area contributed by atoms with Crippen molar-refractivity contribution in [2.45, 2.75) is 124 Å². The standard InChI is InChI=1S/C16H28N2.C9H20/c1-13-3-5-14(6-4-13)11-15-7-9-16(10-8-15)18-12-17-2;1-5-9(6-2,7-3)8-4/h13-16H,3-11H2,1-2H3;5-8H2,1-4H3. The minimum atomic E-state index is 0.510. The van der Waals surface area contributed by atoms with Crippen LogP contribution in [-0.4, -0.2) is 19.1 Å². The first-order valence-electron chi connectivity index (χ1n) is 12.1. The molecule has 27 heavy (non-hydrogen) atoms. The Morgan fingerprint density at radius 3 is 1.56 bits per heavy atom. The van der Waals surface area contributed by atoms with Gasteiger partial charge in [-0.25, -0.2) is 9.98 Å². The molecular weight excluding hydrogens is 328 g/mol. The highest BCUT2D eigenvalue weighted by Crippen LogP contribution is 2.37. The minimum Gasteiger partial charge on any atom is -0.229 e. The van der Waals surface area contributed by atoms with Crippen LogP contribution in [0.1, 0.15) is 118 Å². The number of nitrogens with zero attached hydrogens (tertiary/aromatic N) is 2. The Hall–Kier alpha value is -0.620. The van der Waals surface area contributed by atoms with Crippen LogP contribution in [0.2, 0.25) is 0 Å². The number of rotatable bonds is 7. The normalized spacial score (nSPS) is 28.5. The van der Waals surface area contributed by atoms with Crippen LogP contribution in [0.25, 0.3) is 0 Å². The Morgan fingerprint density at radius 2 is 1.19 bits per heavy atom. The fraction of sp³-hybridized carbons (Fsp3) is 0.960. The minimum absolute atomic E-state index is 0.510. The van der Waals surface area contributed by atoms with Gasteiger partial charge in [0.15, 0.2) is 0 Å². The van der Waals surface area contributed by atoms with E-state index in [1.807, 2.05) is 0 Å². The Kier molecular flexibility index (Phi) is 12.2. The van der Waals surface area contributed by atoms with E-state index in [1.165, 1.54) is 83.5 Å². The average molecular weight is 377 g/mol. The van der Waals surface area contributed by atoms with Gasteiger partial charge in [0.05, 0.1) is 12.1 Å². The molecule has 2 aliphatic rings. The first kappa shape index (κ1) is 24.4. The molecule has 0 atom stereocenters. The second-order valence-corrected chi connectivity index (χ2v) is 9.40. The third-order valence-electron chi connectivity index (χ3n) is 7.96. The van der Waals surface area contributed by atoms with Crippen molar-refractivity contribution in [3.63, 3.8) is 0 Å². The van der Waals surface area contributed by atoms with Crippen molar-refractivity contribution in [3.05, 3.63) is 0 Å². The third kappa shape index (κ3) is 8.95. The van der Waals surface area contributed by atoms with E-state index in [4.69, 9.17) is 0 Å². The molecule has 0 radical (unpaired) electrons. The lowest BCUT2D eigenvalue weighted by atomic mass is 9.75. The molecule has 0 heterocycles. The summed E-state index contributed by atoms with van der Waals surface area (Å²) in [5.41, 5.74) is 0.667. The summed E-state index contributed by atoms with van der Waals surface area (Å²) in [6.07, 6.45) is 18.1. The molecule has 0 aromatic rings. The quantitative estimate of drug-likeness (QED) is 0.400. The molecule has 0 spiro atoms. The van der Waals surface area contributed by atoms with Crippen molar-refractivity contribution in [1.29, 1.82) is 0 Å². The zero-order valence-corrected chi connectivity index (χ0v) is 19.4. The second kappa shape index (κ2) is 13.5. The SMILES string of the molecule is CCC(CC)(CC)CC.CN=C=NC1CCC(CC2CCC(C)CC2)CC1. The van der Waals surface area contributed by atoms with E-state index in [0.29, 0.717) is 11.5 Å². The molecule has 0 unspecified atom stereocenters. The predicted molar refractivity (Wildman–Crippen MR) is 121 cm³/mol. The summed E-state index contributed by atoms with van der Waals surface area (Å²) in [5.74, 6) is 3.00. The summed E-state index contributed by atoms with van der Waals surface area (Å²) >= 11 is 0. The molecule has 2 nitrogen and oxygen atoms in total. The van der Waals surface area contributed by atoms with E-state index in [1.54, 1.807) is 7.05 Å². The van der Waals surface area contributed by atoms with Gasteiger partial charge in [0.1, 0.15) is 0 Å². The molecule has 0 aromatic heterocycles. The van der Waals surface area contributed by atoms with Crippen molar-refractivity contribution in [2.24, 2.45) is 33.2 Å². The lowest BCUT2D eigenvalue weighted by Gasteiger charge is -2.32. The van der Waals surface area contributed by atoms with E-state index in [2.05, 4.69) is 50.6 Å². The van der Waals surface area contributed by atoms with Crippen LogP contribution in [0.15, 0.2) is 9.98 Å². The number of hydrogen-bond donors (Lipinski definition) is 0. The Balaban J connectivity index is 0.000000345. The fourth-order valence-corrected chi connectivity index (χ4v) is 5.19. The lowest BCUT2D eigenvalue weighted by molar-refractivity contribution is 0.212. The van der Waals surface area contributed by atoms with Crippen LogP contribution in [0, 0.1) is 23.2 Å². The van der Waals surface area contributed by atoms with Crippen LogP contribution < -0.4 is 0 Å². The maximum absolute atomic E-state index is 4.38. The van der Waals surface area contributed by atoms with Gasteiger partial charge in [0.2, 0.25) is 0 Å². The van der Waals surface area contributed by atoms with Crippen LogP contribution in [0.3, 0.4) is 0 Å². The highest BCUT2D eigenvalue weighted by atomic mass is 14.8. The van der Waals surface area contributed by atoms with Gasteiger partial charge in [-0.15, -0.1) is 0 Å². The van der Waals surface area contributed by atoms with Crippen molar-refractivity contribution in [1.82, 2.24) is 0 Å². The molecule has 0 bridgehead atoms. The Bertz CT molecular complexity index is 398. The predicted octanol–water partition coefficient (Wildman–Crippen LogP) is 8.18. The molecule has 2 rings (SSSR count). The summed E-state index contributed by atoms with van der Waals surface area (Å²) in [5, 5.41) is 0. The molecule has 2 heteroatoms. The molecule has 158 valence electrons. The average Bonchev–Trinajstić information content (AvgIpc) is 2.72. The zero-order chi connectivity index (χ0) is 20.1. The molecule has 2 saturated carbocycles. The van der Waals surface area contributed by atoms with Crippen LogP contribution in [0.4, 0.5) is 0 Å². The van der Waals surface area contributed by atoms with Crippen LogP contribution in [0.5, 0.6) is 0 Å². The van der Waals surface area contributed by atoms with Crippen molar-refractivity contribution < 1.29 is 0 Å². The highest BCUT2D eigenvalue weighted by molar-refractivity contribution is 5.41. The molecule has 0 amide bonds. The van der Waals surface area contributed by atoms with Gasteiger partial charge in [-0.2, -0.15) is 0 Å². The van der Waals surface area contributed by atoms with E-state index < -0.39 is 0 Å². The van der Waals surface area contributed by atoms with Gasteiger partial charge in [-0.3, -0.25) is 0 Å². The van der Waals surface area contributed by atoms with Gasteiger partial charge in [0, 0.05) is 7.05 Å². The Morgan fingerprint density at radius 1 is 0.741 bits per heavy atom. The van der Waals surface area contributed by atoms with Crippen LogP contribution in [-0.2, 0) is 0 Å². The largest absolute Gasteiger partial charge is 0.229 e. The first-order valence-corrected chi connectivity index (χ1v) is 12.1. The summed E-state index contributed by atoms with van der Waals surface area (Å²) in [6.45, 7) is 11.6. The molecule has 2 fully saturated rings. The summed E-state index contributed by atoms with van der Waals surface area (Å²) < 4.78 is 0. The van der Waals surface area contributed by atoms with E-state index in [0.717, 1.165) is 17.8 Å². The van der Waals surface area contributed by atoms with E-state index in [9.17, 15) is 0 Å². The van der Waals surface area contributed by atoms with Crippen molar-refractivity contribution in [2.75, 3.05) is 7.05 Å².